The summed E-state index contributed by atoms with van der Waals surface area (Å²) in [4.78, 5) is 11.0. The van der Waals surface area contributed by atoms with Crippen LogP contribution < -0.4 is 5.32 Å². The van der Waals surface area contributed by atoms with Crippen molar-refractivity contribution in [2.75, 3.05) is 0 Å². The zero-order valence-electron chi connectivity index (χ0n) is 9.84. The van der Waals surface area contributed by atoms with Crippen molar-refractivity contribution in [2.24, 2.45) is 0 Å². The third-order valence-electron chi connectivity index (χ3n) is 2.31. The molecule has 0 aliphatic rings. The molecule has 4 N–H and O–H groups in total. The summed E-state index contributed by atoms with van der Waals surface area (Å²) in [5, 5.41) is 30.4. The molecular formula is C12H17NO4. The smallest absolute Gasteiger partial charge is 0.321 e. The van der Waals surface area contributed by atoms with Crippen molar-refractivity contribution in [3.63, 3.8) is 0 Å². The van der Waals surface area contributed by atoms with E-state index >= 15 is 0 Å². The van der Waals surface area contributed by atoms with E-state index in [1.165, 1.54) is 12.1 Å². The third kappa shape index (κ3) is 3.96. The number of nitrogens with one attached hydrogen (secondary N) is 1. The molecule has 1 aromatic carbocycles. The molecule has 0 aromatic heterocycles. The molecule has 0 fully saturated rings. The van der Waals surface area contributed by atoms with Gasteiger partial charge in [0.2, 0.25) is 0 Å². The number of aromatic hydroxyl groups is 2. The maximum atomic E-state index is 11.0. The van der Waals surface area contributed by atoms with Gasteiger partial charge in [0.1, 0.15) is 6.04 Å². The van der Waals surface area contributed by atoms with Crippen molar-refractivity contribution >= 4 is 5.97 Å². The number of carbonyl (C=O) groups is 1. The van der Waals surface area contributed by atoms with Crippen LogP contribution in [0.25, 0.3) is 0 Å². The standard InChI is InChI=1S/C12H17NO4/c1-7(2)13-9(12(16)17)5-8-3-4-10(14)11(15)6-8/h3-4,6-7,9,13-15H,5H2,1-2H3,(H,16,17)/t9-/m0/s1. The lowest BCUT2D eigenvalue weighted by atomic mass is 10.0. The lowest BCUT2D eigenvalue weighted by Gasteiger charge is -2.17. The molecule has 1 atom stereocenters. The minimum Gasteiger partial charge on any atom is -0.504 e. The van der Waals surface area contributed by atoms with Crippen molar-refractivity contribution in [1.82, 2.24) is 5.32 Å². The Hall–Kier alpha value is -1.75. The van der Waals surface area contributed by atoms with E-state index in [0.29, 0.717) is 5.56 Å². The lowest BCUT2D eigenvalue weighted by molar-refractivity contribution is -0.139. The SMILES string of the molecule is CC(C)N[C@@H](Cc1ccc(O)c(O)c1)C(=O)O. The molecule has 0 heterocycles. The number of phenolic OH excluding ortho intramolecular Hbond substituents is 2. The van der Waals surface area contributed by atoms with Gasteiger partial charge in [-0.3, -0.25) is 4.79 Å². The second-order valence-electron chi connectivity index (χ2n) is 4.24. The molecule has 94 valence electrons. The summed E-state index contributed by atoms with van der Waals surface area (Å²) in [5.41, 5.74) is 0.654. The first-order chi connectivity index (χ1) is 7.90. The zero-order valence-corrected chi connectivity index (χ0v) is 9.84. The minimum atomic E-state index is -0.939. The number of carboxylic acids is 1. The van der Waals surface area contributed by atoms with Crippen LogP contribution in [0.2, 0.25) is 0 Å². The van der Waals surface area contributed by atoms with Crippen LogP contribution in [0.3, 0.4) is 0 Å². The Kier molecular flexibility index (Phi) is 4.34. The van der Waals surface area contributed by atoms with Gasteiger partial charge in [-0.05, 0) is 24.1 Å². The van der Waals surface area contributed by atoms with Crippen molar-refractivity contribution < 1.29 is 20.1 Å². The highest BCUT2D eigenvalue weighted by molar-refractivity contribution is 5.74. The van der Waals surface area contributed by atoms with E-state index in [-0.39, 0.29) is 24.0 Å². The molecule has 0 amide bonds. The van der Waals surface area contributed by atoms with Crippen LogP contribution in [-0.2, 0) is 11.2 Å². The van der Waals surface area contributed by atoms with Crippen LogP contribution in [0, 0.1) is 0 Å². The van der Waals surface area contributed by atoms with Gasteiger partial charge in [0.25, 0.3) is 0 Å². The van der Waals surface area contributed by atoms with Crippen LogP contribution >= 0.6 is 0 Å². The molecule has 0 aliphatic heterocycles. The first-order valence-corrected chi connectivity index (χ1v) is 5.40. The Labute approximate surface area is 99.7 Å². The average Bonchev–Trinajstić information content (AvgIpc) is 2.21. The van der Waals surface area contributed by atoms with Gasteiger partial charge in [-0.1, -0.05) is 19.9 Å². The maximum Gasteiger partial charge on any atom is 0.321 e. The van der Waals surface area contributed by atoms with Gasteiger partial charge < -0.3 is 20.6 Å². The van der Waals surface area contributed by atoms with E-state index in [1.807, 2.05) is 13.8 Å². The zero-order chi connectivity index (χ0) is 13.0. The fourth-order valence-corrected chi connectivity index (χ4v) is 1.55. The molecule has 17 heavy (non-hydrogen) atoms. The van der Waals surface area contributed by atoms with Crippen molar-refractivity contribution in [2.45, 2.75) is 32.4 Å². The van der Waals surface area contributed by atoms with Crippen molar-refractivity contribution in [3.8, 4) is 11.5 Å². The fraction of sp³-hybridized carbons (Fsp3) is 0.417. The molecule has 5 nitrogen and oxygen atoms in total. The number of rotatable bonds is 5. The highest BCUT2D eigenvalue weighted by atomic mass is 16.4. The molecule has 0 aliphatic carbocycles. The van der Waals surface area contributed by atoms with Crippen LogP contribution in [0.15, 0.2) is 18.2 Å². The number of hydrogen-bond donors (Lipinski definition) is 4. The average molecular weight is 239 g/mol. The van der Waals surface area contributed by atoms with Gasteiger partial charge >= 0.3 is 5.97 Å². The number of hydrogen-bond acceptors (Lipinski definition) is 4. The van der Waals surface area contributed by atoms with Crippen LogP contribution in [0.5, 0.6) is 11.5 Å². The quantitative estimate of drug-likeness (QED) is 0.577. The van der Waals surface area contributed by atoms with Gasteiger partial charge in [0.15, 0.2) is 11.5 Å². The summed E-state index contributed by atoms with van der Waals surface area (Å²) in [6.07, 6.45) is 0.251. The second kappa shape index (κ2) is 5.54. The van der Waals surface area contributed by atoms with Gasteiger partial charge in [0, 0.05) is 6.04 Å². The summed E-state index contributed by atoms with van der Waals surface area (Å²) in [7, 11) is 0. The largest absolute Gasteiger partial charge is 0.504 e. The Balaban J connectivity index is 2.78. The molecule has 0 bridgehead atoms. The first kappa shape index (κ1) is 13.3. The fourth-order valence-electron chi connectivity index (χ4n) is 1.55. The monoisotopic (exact) mass is 239 g/mol. The van der Waals surface area contributed by atoms with Crippen molar-refractivity contribution in [3.05, 3.63) is 23.8 Å². The number of aliphatic carboxylic acids is 1. The summed E-state index contributed by atoms with van der Waals surface area (Å²) in [5.74, 6) is -1.39. The summed E-state index contributed by atoms with van der Waals surface area (Å²) in [6.45, 7) is 3.73. The molecular weight excluding hydrogens is 222 g/mol. The summed E-state index contributed by atoms with van der Waals surface area (Å²) < 4.78 is 0. The van der Waals surface area contributed by atoms with Gasteiger partial charge in [-0.2, -0.15) is 0 Å². The molecule has 0 radical (unpaired) electrons. The summed E-state index contributed by atoms with van der Waals surface area (Å²) in [6, 6.07) is 3.65. The molecule has 0 saturated heterocycles. The maximum absolute atomic E-state index is 11.0. The van der Waals surface area contributed by atoms with E-state index in [9.17, 15) is 9.90 Å². The van der Waals surface area contributed by atoms with Crippen LogP contribution in [-0.4, -0.2) is 33.4 Å². The molecule has 1 aromatic rings. The van der Waals surface area contributed by atoms with E-state index in [2.05, 4.69) is 5.32 Å². The van der Waals surface area contributed by atoms with Gasteiger partial charge in [-0.15, -0.1) is 0 Å². The predicted molar refractivity (Wildman–Crippen MR) is 63.2 cm³/mol. The van der Waals surface area contributed by atoms with E-state index in [1.54, 1.807) is 6.07 Å². The van der Waals surface area contributed by atoms with Gasteiger partial charge in [0.05, 0.1) is 0 Å². The lowest BCUT2D eigenvalue weighted by Crippen LogP contribution is -2.42. The van der Waals surface area contributed by atoms with Crippen LogP contribution in [0.1, 0.15) is 19.4 Å². The first-order valence-electron chi connectivity index (χ1n) is 5.40. The highest BCUT2D eigenvalue weighted by Crippen LogP contribution is 2.25. The van der Waals surface area contributed by atoms with E-state index in [0.717, 1.165) is 0 Å². The normalized spacial score (nSPS) is 12.6. The van der Waals surface area contributed by atoms with Gasteiger partial charge in [-0.25, -0.2) is 0 Å². The molecule has 0 unspecified atom stereocenters. The topological polar surface area (TPSA) is 89.8 Å². The molecule has 1 rings (SSSR count). The number of carboxylic acid groups (broad SMARTS) is 1. The van der Waals surface area contributed by atoms with E-state index in [4.69, 9.17) is 10.2 Å². The molecule has 5 heteroatoms. The van der Waals surface area contributed by atoms with Crippen molar-refractivity contribution in [1.29, 1.82) is 0 Å². The highest BCUT2D eigenvalue weighted by Gasteiger charge is 2.18. The molecule has 0 spiro atoms. The number of phenols is 2. The Morgan fingerprint density at radius 3 is 2.41 bits per heavy atom. The minimum absolute atomic E-state index is 0.0572. The number of benzene rings is 1. The third-order valence-corrected chi connectivity index (χ3v) is 2.31. The molecule has 0 saturated carbocycles. The Morgan fingerprint density at radius 1 is 1.29 bits per heavy atom. The summed E-state index contributed by atoms with van der Waals surface area (Å²) >= 11 is 0. The second-order valence-corrected chi connectivity index (χ2v) is 4.24. The van der Waals surface area contributed by atoms with E-state index < -0.39 is 12.0 Å². The Bertz CT molecular complexity index is 403. The van der Waals surface area contributed by atoms with Crippen LogP contribution in [0.4, 0.5) is 0 Å². The predicted octanol–water partition coefficient (Wildman–Crippen LogP) is 1.09. The Morgan fingerprint density at radius 2 is 1.94 bits per heavy atom.